The number of nitrogens with two attached hydrogens (primary N) is 1. The van der Waals surface area contributed by atoms with Gasteiger partial charge in [0, 0.05) is 30.7 Å². The SMILES string of the molecule is CCn1cc(NC(=O)c2coc(-c3ccncc3)n2)c(C(N)=O)n1. The number of primary amides is 1. The summed E-state index contributed by atoms with van der Waals surface area (Å²) < 4.78 is 6.80. The van der Waals surface area contributed by atoms with Gasteiger partial charge in [-0.15, -0.1) is 0 Å². The molecule has 9 heteroatoms. The monoisotopic (exact) mass is 326 g/mol. The number of amides is 2. The van der Waals surface area contributed by atoms with Gasteiger partial charge in [-0.05, 0) is 19.1 Å². The van der Waals surface area contributed by atoms with E-state index in [4.69, 9.17) is 10.2 Å². The largest absolute Gasteiger partial charge is 0.444 e. The van der Waals surface area contributed by atoms with Gasteiger partial charge in [-0.3, -0.25) is 19.3 Å². The lowest BCUT2D eigenvalue weighted by Gasteiger charge is -2.00. The standard InChI is InChI=1S/C15H14N6O3/c1-2-21-7-10(12(20-21)13(16)22)18-14(23)11-8-24-15(19-11)9-3-5-17-6-4-9/h3-8H,2H2,1H3,(H2,16,22)(H,18,23). The summed E-state index contributed by atoms with van der Waals surface area (Å²) in [6.07, 6.45) is 5.95. The predicted molar refractivity (Wildman–Crippen MR) is 84.1 cm³/mol. The summed E-state index contributed by atoms with van der Waals surface area (Å²) >= 11 is 0. The van der Waals surface area contributed by atoms with Crippen LogP contribution in [0.5, 0.6) is 0 Å². The topological polar surface area (TPSA) is 129 Å². The number of hydrogen-bond acceptors (Lipinski definition) is 6. The fourth-order valence-corrected chi connectivity index (χ4v) is 2.05. The molecule has 0 aliphatic carbocycles. The Labute approximate surface area is 136 Å². The first-order valence-electron chi connectivity index (χ1n) is 7.13. The van der Waals surface area contributed by atoms with Crippen molar-refractivity contribution in [1.29, 1.82) is 0 Å². The highest BCUT2D eigenvalue weighted by Gasteiger charge is 2.19. The minimum Gasteiger partial charge on any atom is -0.444 e. The Morgan fingerprint density at radius 3 is 2.75 bits per heavy atom. The summed E-state index contributed by atoms with van der Waals surface area (Å²) in [7, 11) is 0. The summed E-state index contributed by atoms with van der Waals surface area (Å²) in [6.45, 7) is 2.38. The van der Waals surface area contributed by atoms with E-state index in [-0.39, 0.29) is 17.1 Å². The van der Waals surface area contributed by atoms with E-state index >= 15 is 0 Å². The first kappa shape index (κ1) is 15.4. The summed E-state index contributed by atoms with van der Waals surface area (Å²) in [5.41, 5.74) is 6.25. The fraction of sp³-hybridized carbons (Fsp3) is 0.133. The van der Waals surface area contributed by atoms with Crippen LogP contribution in [-0.2, 0) is 6.54 Å². The molecule has 0 bridgehead atoms. The molecule has 0 radical (unpaired) electrons. The Bertz CT molecular complexity index is 884. The number of carbonyl (C=O) groups is 2. The number of nitrogens with one attached hydrogen (secondary N) is 1. The minimum atomic E-state index is -0.727. The van der Waals surface area contributed by atoms with E-state index in [1.807, 2.05) is 6.92 Å². The average molecular weight is 326 g/mol. The van der Waals surface area contributed by atoms with E-state index < -0.39 is 11.8 Å². The normalized spacial score (nSPS) is 10.5. The molecule has 24 heavy (non-hydrogen) atoms. The maximum Gasteiger partial charge on any atom is 0.277 e. The van der Waals surface area contributed by atoms with Gasteiger partial charge in [0.25, 0.3) is 11.8 Å². The molecule has 122 valence electrons. The Morgan fingerprint density at radius 2 is 2.08 bits per heavy atom. The molecule has 0 aliphatic heterocycles. The summed E-state index contributed by atoms with van der Waals surface area (Å²) in [4.78, 5) is 31.7. The fourth-order valence-electron chi connectivity index (χ4n) is 2.05. The molecule has 3 rings (SSSR count). The Balaban J connectivity index is 1.82. The molecule has 0 unspecified atom stereocenters. The molecule has 3 aromatic heterocycles. The van der Waals surface area contributed by atoms with Crippen LogP contribution in [0.2, 0.25) is 0 Å². The highest BCUT2D eigenvalue weighted by Crippen LogP contribution is 2.19. The van der Waals surface area contributed by atoms with Crippen LogP contribution >= 0.6 is 0 Å². The minimum absolute atomic E-state index is 0.0111. The molecular weight excluding hydrogens is 312 g/mol. The molecule has 3 N–H and O–H groups in total. The van der Waals surface area contributed by atoms with Crippen LogP contribution in [0, 0.1) is 0 Å². The number of carbonyl (C=O) groups excluding carboxylic acids is 2. The highest BCUT2D eigenvalue weighted by molar-refractivity contribution is 6.07. The molecule has 2 amide bonds. The van der Waals surface area contributed by atoms with Crippen LogP contribution in [0.15, 0.2) is 41.4 Å². The lowest BCUT2D eigenvalue weighted by Crippen LogP contribution is -2.18. The molecular formula is C15H14N6O3. The van der Waals surface area contributed by atoms with Gasteiger partial charge in [-0.2, -0.15) is 5.10 Å². The van der Waals surface area contributed by atoms with Gasteiger partial charge >= 0.3 is 0 Å². The molecule has 0 spiro atoms. The molecule has 0 aromatic carbocycles. The van der Waals surface area contributed by atoms with Crippen molar-refractivity contribution in [2.75, 3.05) is 5.32 Å². The van der Waals surface area contributed by atoms with Crippen LogP contribution < -0.4 is 11.1 Å². The van der Waals surface area contributed by atoms with Crippen molar-refractivity contribution < 1.29 is 14.0 Å². The average Bonchev–Trinajstić information content (AvgIpc) is 3.22. The van der Waals surface area contributed by atoms with E-state index in [9.17, 15) is 9.59 Å². The Kier molecular flexibility index (Phi) is 4.06. The highest BCUT2D eigenvalue weighted by atomic mass is 16.3. The van der Waals surface area contributed by atoms with E-state index in [1.54, 1.807) is 24.5 Å². The first-order chi connectivity index (χ1) is 11.6. The zero-order valence-corrected chi connectivity index (χ0v) is 12.8. The summed E-state index contributed by atoms with van der Waals surface area (Å²) in [6, 6.07) is 3.42. The molecule has 0 aliphatic rings. The van der Waals surface area contributed by atoms with Gasteiger partial charge in [-0.25, -0.2) is 4.98 Å². The number of oxazole rings is 1. The van der Waals surface area contributed by atoms with Gasteiger partial charge in [0.2, 0.25) is 5.89 Å². The smallest absolute Gasteiger partial charge is 0.277 e. The van der Waals surface area contributed by atoms with Gasteiger partial charge in [0.15, 0.2) is 11.4 Å². The molecule has 0 atom stereocenters. The van der Waals surface area contributed by atoms with Crippen LogP contribution in [-0.4, -0.2) is 31.6 Å². The summed E-state index contributed by atoms with van der Waals surface area (Å²) in [5, 5.41) is 6.57. The second-order valence-corrected chi connectivity index (χ2v) is 4.84. The number of anilines is 1. The lowest BCUT2D eigenvalue weighted by atomic mass is 10.3. The molecule has 3 heterocycles. The van der Waals surface area contributed by atoms with Crippen molar-refractivity contribution in [3.05, 3.63) is 48.4 Å². The van der Waals surface area contributed by atoms with E-state index in [0.717, 1.165) is 0 Å². The third-order valence-electron chi connectivity index (χ3n) is 3.23. The maximum atomic E-state index is 12.3. The second-order valence-electron chi connectivity index (χ2n) is 4.84. The maximum absolute atomic E-state index is 12.3. The Hall–Kier alpha value is -3.49. The van der Waals surface area contributed by atoms with Crippen molar-refractivity contribution in [3.8, 4) is 11.5 Å². The van der Waals surface area contributed by atoms with Crippen molar-refractivity contribution in [2.24, 2.45) is 5.73 Å². The van der Waals surface area contributed by atoms with Crippen LogP contribution in [0.3, 0.4) is 0 Å². The predicted octanol–water partition coefficient (Wildman–Crippen LogP) is 1.30. The van der Waals surface area contributed by atoms with Gasteiger partial charge < -0.3 is 15.5 Å². The molecule has 0 fully saturated rings. The quantitative estimate of drug-likeness (QED) is 0.727. The molecule has 0 saturated heterocycles. The van der Waals surface area contributed by atoms with Gasteiger partial charge in [-0.1, -0.05) is 0 Å². The van der Waals surface area contributed by atoms with Crippen molar-refractivity contribution in [1.82, 2.24) is 19.7 Å². The number of nitrogens with zero attached hydrogens (tertiary/aromatic N) is 4. The van der Waals surface area contributed by atoms with Gasteiger partial charge in [0.05, 0.1) is 5.69 Å². The van der Waals surface area contributed by atoms with Gasteiger partial charge in [0.1, 0.15) is 6.26 Å². The first-order valence-corrected chi connectivity index (χ1v) is 7.13. The number of hydrogen-bond donors (Lipinski definition) is 2. The van der Waals surface area contributed by atoms with E-state index in [0.29, 0.717) is 18.0 Å². The van der Waals surface area contributed by atoms with Crippen molar-refractivity contribution in [2.45, 2.75) is 13.5 Å². The number of aryl methyl sites for hydroxylation is 1. The molecule has 9 nitrogen and oxygen atoms in total. The second kappa shape index (κ2) is 6.32. The zero-order valence-electron chi connectivity index (χ0n) is 12.8. The zero-order chi connectivity index (χ0) is 17.1. The van der Waals surface area contributed by atoms with Crippen LogP contribution in [0.25, 0.3) is 11.5 Å². The van der Waals surface area contributed by atoms with E-state index in [1.165, 1.54) is 17.1 Å². The lowest BCUT2D eigenvalue weighted by molar-refractivity contribution is 0.0995. The number of aromatic nitrogens is 4. The number of pyridine rings is 1. The van der Waals surface area contributed by atoms with Crippen molar-refractivity contribution in [3.63, 3.8) is 0 Å². The van der Waals surface area contributed by atoms with E-state index in [2.05, 4.69) is 20.4 Å². The third-order valence-corrected chi connectivity index (χ3v) is 3.23. The summed E-state index contributed by atoms with van der Waals surface area (Å²) in [5.74, 6) is -0.964. The van der Waals surface area contributed by atoms with Crippen LogP contribution in [0.1, 0.15) is 27.9 Å². The molecule has 0 saturated carbocycles. The van der Waals surface area contributed by atoms with Crippen molar-refractivity contribution >= 4 is 17.5 Å². The van der Waals surface area contributed by atoms with Crippen LogP contribution in [0.4, 0.5) is 5.69 Å². The Morgan fingerprint density at radius 1 is 1.33 bits per heavy atom. The third kappa shape index (κ3) is 3.00. The number of rotatable bonds is 5. The molecule has 3 aromatic rings.